The van der Waals surface area contributed by atoms with E-state index >= 15 is 0 Å². The maximum absolute atomic E-state index is 12.1. The zero-order valence-electron chi connectivity index (χ0n) is 12.6. The molecule has 2 heterocycles. The molecule has 0 spiro atoms. The van der Waals surface area contributed by atoms with Crippen molar-refractivity contribution in [2.45, 2.75) is 46.0 Å². The third kappa shape index (κ3) is 4.28. The molecule has 1 aromatic rings. The number of amides is 1. The van der Waals surface area contributed by atoms with Crippen molar-refractivity contribution in [2.24, 2.45) is 11.8 Å². The summed E-state index contributed by atoms with van der Waals surface area (Å²) in [4.78, 5) is 17.6. The minimum absolute atomic E-state index is 0.0905. The largest absolute Gasteiger partial charge is 0.316 e. The second-order valence-electron chi connectivity index (χ2n) is 6.06. The van der Waals surface area contributed by atoms with Gasteiger partial charge in [0.25, 0.3) is 0 Å². The molecule has 1 amide bonds. The molecule has 0 aromatic carbocycles. The lowest BCUT2D eigenvalue weighted by molar-refractivity contribution is -0.117. The Morgan fingerprint density at radius 2 is 2.35 bits per heavy atom. The second kappa shape index (κ2) is 7.18. The number of thiazole rings is 1. The summed E-state index contributed by atoms with van der Waals surface area (Å²) in [5, 5.41) is 7.08. The van der Waals surface area contributed by atoms with E-state index in [1.165, 1.54) is 17.7 Å². The fraction of sp³-hybridized carbons (Fsp3) is 0.733. The molecule has 0 aliphatic carbocycles. The molecule has 2 atom stereocenters. The first-order valence-corrected chi connectivity index (χ1v) is 8.34. The van der Waals surface area contributed by atoms with Gasteiger partial charge in [0.05, 0.1) is 0 Å². The van der Waals surface area contributed by atoms with Gasteiger partial charge in [-0.15, -0.1) is 11.3 Å². The number of carbonyl (C=O) groups excluding carboxylic acids is 1. The van der Waals surface area contributed by atoms with Crippen molar-refractivity contribution >= 4 is 22.4 Å². The van der Waals surface area contributed by atoms with Crippen LogP contribution in [0.3, 0.4) is 0 Å². The molecule has 20 heavy (non-hydrogen) atoms. The molecule has 4 nitrogen and oxygen atoms in total. The summed E-state index contributed by atoms with van der Waals surface area (Å²) in [5.41, 5.74) is 0. The first-order chi connectivity index (χ1) is 9.56. The van der Waals surface area contributed by atoms with E-state index in [0.29, 0.717) is 24.2 Å². The average molecular weight is 295 g/mol. The summed E-state index contributed by atoms with van der Waals surface area (Å²) in [5.74, 6) is 1.60. The van der Waals surface area contributed by atoms with Crippen LogP contribution in [0.25, 0.3) is 0 Å². The van der Waals surface area contributed by atoms with E-state index in [-0.39, 0.29) is 5.91 Å². The van der Waals surface area contributed by atoms with Crippen molar-refractivity contribution in [1.29, 1.82) is 0 Å². The molecule has 1 fully saturated rings. The van der Waals surface area contributed by atoms with E-state index < -0.39 is 0 Å². The highest BCUT2D eigenvalue weighted by atomic mass is 32.1. The summed E-state index contributed by atoms with van der Waals surface area (Å²) in [6.45, 7) is 8.61. The van der Waals surface area contributed by atoms with Gasteiger partial charge in [-0.3, -0.25) is 4.79 Å². The van der Waals surface area contributed by atoms with Crippen LogP contribution in [0.15, 0.2) is 6.20 Å². The quantitative estimate of drug-likeness (QED) is 0.877. The van der Waals surface area contributed by atoms with Crippen LogP contribution in [0.4, 0.5) is 5.13 Å². The van der Waals surface area contributed by atoms with E-state index in [9.17, 15) is 4.79 Å². The monoisotopic (exact) mass is 295 g/mol. The minimum Gasteiger partial charge on any atom is -0.316 e. The molecule has 1 aromatic heterocycles. The zero-order chi connectivity index (χ0) is 14.5. The van der Waals surface area contributed by atoms with E-state index in [2.05, 4.69) is 36.4 Å². The molecular formula is C15H25N3OS. The lowest BCUT2D eigenvalue weighted by Gasteiger charge is -2.27. The highest BCUT2D eigenvalue weighted by molar-refractivity contribution is 7.15. The van der Waals surface area contributed by atoms with Crippen molar-refractivity contribution in [3.8, 4) is 0 Å². The normalized spacial score (nSPS) is 20.9. The topological polar surface area (TPSA) is 54.0 Å². The SMILES string of the molecule is CC(C)c1cnc(NC(=O)CC(C)C2CCCNC2)s1. The molecule has 2 N–H and O–H groups in total. The van der Waals surface area contributed by atoms with Gasteiger partial charge in [-0.2, -0.15) is 0 Å². The lowest BCUT2D eigenvalue weighted by Crippen LogP contribution is -2.34. The molecule has 5 heteroatoms. The smallest absolute Gasteiger partial charge is 0.226 e. The molecule has 1 aliphatic rings. The van der Waals surface area contributed by atoms with Crippen molar-refractivity contribution in [3.63, 3.8) is 0 Å². The summed E-state index contributed by atoms with van der Waals surface area (Å²) in [6, 6.07) is 0. The van der Waals surface area contributed by atoms with Gasteiger partial charge >= 0.3 is 0 Å². The molecule has 2 rings (SSSR count). The van der Waals surface area contributed by atoms with Crippen molar-refractivity contribution < 1.29 is 4.79 Å². The first-order valence-electron chi connectivity index (χ1n) is 7.52. The number of hydrogen-bond donors (Lipinski definition) is 2. The van der Waals surface area contributed by atoms with Gasteiger partial charge in [-0.25, -0.2) is 4.98 Å². The second-order valence-corrected chi connectivity index (χ2v) is 7.12. The molecule has 0 radical (unpaired) electrons. The van der Waals surface area contributed by atoms with Crippen LogP contribution < -0.4 is 10.6 Å². The van der Waals surface area contributed by atoms with Gasteiger partial charge in [0.15, 0.2) is 5.13 Å². The number of piperidine rings is 1. The van der Waals surface area contributed by atoms with E-state index in [4.69, 9.17) is 0 Å². The lowest BCUT2D eigenvalue weighted by atomic mass is 9.85. The Morgan fingerprint density at radius 1 is 1.55 bits per heavy atom. The standard InChI is InChI=1S/C15H25N3OS/c1-10(2)13-9-17-15(20-13)18-14(19)7-11(3)12-5-4-6-16-8-12/h9-12,16H,4-8H2,1-3H3,(H,17,18,19). The third-order valence-electron chi connectivity index (χ3n) is 3.99. The Labute approximate surface area is 125 Å². The number of nitrogens with one attached hydrogen (secondary N) is 2. The highest BCUT2D eigenvalue weighted by Crippen LogP contribution is 2.26. The third-order valence-corrected chi connectivity index (χ3v) is 5.20. The first kappa shape index (κ1) is 15.4. The Kier molecular flexibility index (Phi) is 5.54. The molecule has 1 aliphatic heterocycles. The Hall–Kier alpha value is -0.940. The summed E-state index contributed by atoms with van der Waals surface area (Å²) < 4.78 is 0. The number of anilines is 1. The number of nitrogens with zero attached hydrogens (tertiary/aromatic N) is 1. The number of carbonyl (C=O) groups is 1. The molecule has 1 saturated heterocycles. The van der Waals surface area contributed by atoms with E-state index in [1.807, 2.05) is 6.20 Å². The summed E-state index contributed by atoms with van der Waals surface area (Å²) in [6.07, 6.45) is 4.90. The molecule has 2 unspecified atom stereocenters. The Bertz CT molecular complexity index is 438. The van der Waals surface area contributed by atoms with Crippen LogP contribution in [0, 0.1) is 11.8 Å². The van der Waals surface area contributed by atoms with Crippen LogP contribution in [0.2, 0.25) is 0 Å². The van der Waals surface area contributed by atoms with Crippen molar-refractivity contribution in [1.82, 2.24) is 10.3 Å². The molecule has 0 saturated carbocycles. The van der Waals surface area contributed by atoms with Crippen molar-refractivity contribution in [2.75, 3.05) is 18.4 Å². The fourth-order valence-electron chi connectivity index (χ4n) is 2.61. The van der Waals surface area contributed by atoms with Crippen LogP contribution in [0.5, 0.6) is 0 Å². The Balaban J connectivity index is 1.81. The van der Waals surface area contributed by atoms with Crippen LogP contribution >= 0.6 is 11.3 Å². The maximum atomic E-state index is 12.1. The summed E-state index contributed by atoms with van der Waals surface area (Å²) >= 11 is 1.58. The number of hydrogen-bond acceptors (Lipinski definition) is 4. The van der Waals surface area contributed by atoms with Gasteiger partial charge in [-0.1, -0.05) is 20.8 Å². The fourth-order valence-corrected chi connectivity index (χ4v) is 3.44. The van der Waals surface area contributed by atoms with Gasteiger partial charge in [-0.05, 0) is 43.7 Å². The van der Waals surface area contributed by atoms with Gasteiger partial charge < -0.3 is 10.6 Å². The minimum atomic E-state index is 0.0905. The average Bonchev–Trinajstić information content (AvgIpc) is 2.88. The van der Waals surface area contributed by atoms with E-state index in [0.717, 1.165) is 18.2 Å². The summed E-state index contributed by atoms with van der Waals surface area (Å²) in [7, 11) is 0. The van der Waals surface area contributed by atoms with Gasteiger partial charge in [0.2, 0.25) is 5.91 Å². The van der Waals surface area contributed by atoms with Crippen LogP contribution in [-0.2, 0) is 4.79 Å². The predicted molar refractivity (Wildman–Crippen MR) is 84.2 cm³/mol. The molecule has 112 valence electrons. The van der Waals surface area contributed by atoms with Crippen molar-refractivity contribution in [3.05, 3.63) is 11.1 Å². The molecular weight excluding hydrogens is 270 g/mol. The molecule has 0 bridgehead atoms. The number of rotatable bonds is 5. The van der Waals surface area contributed by atoms with Crippen LogP contribution in [-0.4, -0.2) is 24.0 Å². The number of aromatic nitrogens is 1. The van der Waals surface area contributed by atoms with Gasteiger partial charge in [0.1, 0.15) is 0 Å². The Morgan fingerprint density at radius 3 is 2.95 bits per heavy atom. The highest BCUT2D eigenvalue weighted by Gasteiger charge is 2.22. The zero-order valence-corrected chi connectivity index (χ0v) is 13.4. The maximum Gasteiger partial charge on any atom is 0.226 e. The predicted octanol–water partition coefficient (Wildman–Crippen LogP) is 3.23. The van der Waals surface area contributed by atoms with E-state index in [1.54, 1.807) is 11.3 Å². The van der Waals surface area contributed by atoms with Crippen LogP contribution in [0.1, 0.15) is 50.8 Å². The van der Waals surface area contributed by atoms with Gasteiger partial charge in [0, 0.05) is 17.5 Å².